The van der Waals surface area contributed by atoms with E-state index >= 15 is 0 Å². The van der Waals surface area contributed by atoms with Crippen molar-refractivity contribution in [2.24, 2.45) is 0 Å². The van der Waals surface area contributed by atoms with Crippen LogP contribution >= 0.6 is 0 Å². The number of hydrogen-bond donors (Lipinski definition) is 1. The minimum Gasteiger partial charge on any atom is -0.491 e. The number of hydrogen-bond acceptors (Lipinski definition) is 3. The maximum atomic E-state index is 13.0. The summed E-state index contributed by atoms with van der Waals surface area (Å²) >= 11 is 0. The van der Waals surface area contributed by atoms with E-state index in [-0.39, 0.29) is 17.4 Å². The Balaban J connectivity index is 1.75. The summed E-state index contributed by atoms with van der Waals surface area (Å²) in [4.78, 5) is 12.4. The van der Waals surface area contributed by atoms with Crippen LogP contribution in [0.2, 0.25) is 0 Å². The quantitative estimate of drug-likeness (QED) is 0.737. The van der Waals surface area contributed by atoms with Crippen molar-refractivity contribution in [3.63, 3.8) is 0 Å². The first-order valence-corrected chi connectivity index (χ1v) is 8.02. The minimum absolute atomic E-state index is 0.259. The van der Waals surface area contributed by atoms with Crippen molar-refractivity contribution in [2.45, 2.75) is 13.3 Å². The number of halogens is 1. The number of nitrogens with zero attached hydrogens (tertiary/aromatic N) is 2. The van der Waals surface area contributed by atoms with Gasteiger partial charge in [-0.2, -0.15) is 5.10 Å². The molecule has 0 aliphatic heterocycles. The van der Waals surface area contributed by atoms with Crippen LogP contribution in [0, 0.1) is 5.82 Å². The molecule has 0 aliphatic rings. The molecule has 1 aromatic heterocycles. The lowest BCUT2D eigenvalue weighted by Crippen LogP contribution is -2.14. The van der Waals surface area contributed by atoms with E-state index in [1.807, 2.05) is 25.1 Å². The molecule has 6 heteroatoms. The number of para-hydroxylation sites is 2. The molecule has 0 fully saturated rings. The third-order valence-corrected chi connectivity index (χ3v) is 3.51. The van der Waals surface area contributed by atoms with E-state index in [0.717, 1.165) is 6.42 Å². The Labute approximate surface area is 145 Å². The molecule has 25 heavy (non-hydrogen) atoms. The molecular weight excluding hydrogens is 321 g/mol. The smallest absolute Gasteiger partial charge is 0.276 e. The van der Waals surface area contributed by atoms with Crippen LogP contribution in [0.25, 0.3) is 5.69 Å². The summed E-state index contributed by atoms with van der Waals surface area (Å²) in [6.07, 6.45) is 2.53. The summed E-state index contributed by atoms with van der Waals surface area (Å²) in [5, 5.41) is 7.05. The number of anilines is 1. The molecule has 1 amide bonds. The van der Waals surface area contributed by atoms with Gasteiger partial charge in [0.2, 0.25) is 0 Å². The van der Waals surface area contributed by atoms with Gasteiger partial charge in [0.15, 0.2) is 5.69 Å². The van der Waals surface area contributed by atoms with Gasteiger partial charge < -0.3 is 10.1 Å². The fourth-order valence-corrected chi connectivity index (χ4v) is 2.28. The molecule has 3 aromatic rings. The predicted octanol–water partition coefficient (Wildman–Crippen LogP) is 4.05. The van der Waals surface area contributed by atoms with Gasteiger partial charge in [0.1, 0.15) is 11.6 Å². The van der Waals surface area contributed by atoms with Gasteiger partial charge >= 0.3 is 0 Å². The van der Waals surface area contributed by atoms with Crippen molar-refractivity contribution >= 4 is 11.6 Å². The monoisotopic (exact) mass is 339 g/mol. The average molecular weight is 339 g/mol. The van der Waals surface area contributed by atoms with E-state index in [2.05, 4.69) is 10.4 Å². The Morgan fingerprint density at radius 2 is 1.92 bits per heavy atom. The molecule has 128 valence electrons. The molecule has 1 N–H and O–H groups in total. The van der Waals surface area contributed by atoms with Crippen molar-refractivity contribution in [1.29, 1.82) is 0 Å². The number of benzene rings is 2. The Morgan fingerprint density at radius 3 is 2.68 bits per heavy atom. The molecule has 1 heterocycles. The normalized spacial score (nSPS) is 10.5. The second-order valence-corrected chi connectivity index (χ2v) is 5.42. The van der Waals surface area contributed by atoms with Crippen molar-refractivity contribution in [1.82, 2.24) is 9.78 Å². The lowest BCUT2D eigenvalue weighted by Gasteiger charge is -2.11. The van der Waals surface area contributed by atoms with Gasteiger partial charge in [-0.05, 0) is 48.9 Å². The van der Waals surface area contributed by atoms with E-state index in [9.17, 15) is 9.18 Å². The molecule has 0 bridgehead atoms. The van der Waals surface area contributed by atoms with Gasteiger partial charge in [0, 0.05) is 6.20 Å². The van der Waals surface area contributed by atoms with E-state index < -0.39 is 0 Å². The van der Waals surface area contributed by atoms with E-state index in [4.69, 9.17) is 4.74 Å². The van der Waals surface area contributed by atoms with Crippen molar-refractivity contribution in [3.05, 3.63) is 72.3 Å². The Kier molecular flexibility index (Phi) is 5.09. The van der Waals surface area contributed by atoms with Gasteiger partial charge in [0.05, 0.1) is 18.0 Å². The first kappa shape index (κ1) is 16.7. The maximum Gasteiger partial charge on any atom is 0.276 e. The van der Waals surface area contributed by atoms with Gasteiger partial charge in [-0.25, -0.2) is 9.07 Å². The average Bonchev–Trinajstić information content (AvgIpc) is 3.12. The van der Waals surface area contributed by atoms with Crippen LogP contribution in [-0.4, -0.2) is 22.3 Å². The number of rotatable bonds is 6. The zero-order valence-electron chi connectivity index (χ0n) is 13.8. The second-order valence-electron chi connectivity index (χ2n) is 5.42. The molecule has 3 rings (SSSR count). The predicted molar refractivity (Wildman–Crippen MR) is 93.7 cm³/mol. The van der Waals surface area contributed by atoms with E-state index in [0.29, 0.717) is 23.7 Å². The fourth-order valence-electron chi connectivity index (χ4n) is 2.28. The summed E-state index contributed by atoms with van der Waals surface area (Å²) in [7, 11) is 0. The third kappa shape index (κ3) is 4.03. The summed E-state index contributed by atoms with van der Waals surface area (Å²) in [6, 6.07) is 14.7. The van der Waals surface area contributed by atoms with Crippen molar-refractivity contribution in [2.75, 3.05) is 11.9 Å². The number of ether oxygens (including phenoxy) is 1. The van der Waals surface area contributed by atoms with Crippen LogP contribution in [0.1, 0.15) is 23.8 Å². The third-order valence-electron chi connectivity index (χ3n) is 3.51. The minimum atomic E-state index is -0.339. The Bertz CT molecular complexity index is 859. The Hall–Kier alpha value is -3.15. The van der Waals surface area contributed by atoms with Crippen molar-refractivity contribution < 1.29 is 13.9 Å². The molecular formula is C19H18FN3O2. The molecule has 0 saturated carbocycles. The van der Waals surface area contributed by atoms with E-state index in [1.54, 1.807) is 30.5 Å². The lowest BCUT2D eigenvalue weighted by molar-refractivity contribution is 0.102. The maximum absolute atomic E-state index is 13.0. The Morgan fingerprint density at radius 1 is 1.16 bits per heavy atom. The number of aromatic nitrogens is 2. The largest absolute Gasteiger partial charge is 0.491 e. The fraction of sp³-hybridized carbons (Fsp3) is 0.158. The molecule has 2 aromatic carbocycles. The highest BCUT2D eigenvalue weighted by Crippen LogP contribution is 2.24. The van der Waals surface area contributed by atoms with Gasteiger partial charge in [-0.1, -0.05) is 19.1 Å². The second kappa shape index (κ2) is 7.61. The zero-order chi connectivity index (χ0) is 17.6. The summed E-state index contributed by atoms with van der Waals surface area (Å²) < 4.78 is 20.2. The number of nitrogens with one attached hydrogen (secondary N) is 1. The van der Waals surface area contributed by atoms with Crippen LogP contribution < -0.4 is 10.1 Å². The van der Waals surface area contributed by atoms with Gasteiger partial charge in [-0.15, -0.1) is 0 Å². The topological polar surface area (TPSA) is 56.1 Å². The summed E-state index contributed by atoms with van der Waals surface area (Å²) in [5.74, 6) is -0.0402. The molecule has 0 saturated heterocycles. The molecule has 0 aliphatic carbocycles. The van der Waals surface area contributed by atoms with Crippen molar-refractivity contribution in [3.8, 4) is 11.4 Å². The zero-order valence-corrected chi connectivity index (χ0v) is 13.8. The lowest BCUT2D eigenvalue weighted by atomic mass is 10.2. The number of carbonyl (C=O) groups is 1. The van der Waals surface area contributed by atoms with Crippen LogP contribution in [0.3, 0.4) is 0 Å². The highest BCUT2D eigenvalue weighted by molar-refractivity contribution is 6.03. The molecule has 0 spiro atoms. The first-order valence-electron chi connectivity index (χ1n) is 8.02. The van der Waals surface area contributed by atoms with Crippen LogP contribution in [0.4, 0.5) is 10.1 Å². The number of amides is 1. The number of carbonyl (C=O) groups excluding carboxylic acids is 1. The first-order chi connectivity index (χ1) is 12.2. The molecule has 5 nitrogen and oxygen atoms in total. The summed E-state index contributed by atoms with van der Waals surface area (Å²) in [5.41, 5.74) is 1.53. The SMILES string of the molecule is CCCOc1ccccc1NC(=O)c1ccn(-c2ccc(F)cc2)n1. The van der Waals surface area contributed by atoms with Crippen LogP contribution in [0.15, 0.2) is 60.8 Å². The van der Waals surface area contributed by atoms with Crippen LogP contribution in [-0.2, 0) is 0 Å². The van der Waals surface area contributed by atoms with Gasteiger partial charge in [-0.3, -0.25) is 4.79 Å². The summed E-state index contributed by atoms with van der Waals surface area (Å²) in [6.45, 7) is 2.59. The molecule has 0 atom stereocenters. The van der Waals surface area contributed by atoms with E-state index in [1.165, 1.54) is 16.8 Å². The molecule has 0 unspecified atom stereocenters. The highest BCUT2D eigenvalue weighted by atomic mass is 19.1. The van der Waals surface area contributed by atoms with Gasteiger partial charge in [0.25, 0.3) is 5.91 Å². The standard InChI is InChI=1S/C19H18FN3O2/c1-2-13-25-18-6-4-3-5-16(18)21-19(24)17-11-12-23(22-17)15-9-7-14(20)8-10-15/h3-12H,2,13H2,1H3,(H,21,24). The highest BCUT2D eigenvalue weighted by Gasteiger charge is 2.13. The van der Waals surface area contributed by atoms with Crippen LogP contribution in [0.5, 0.6) is 5.75 Å². The molecule has 0 radical (unpaired) electrons.